The third-order valence-electron chi connectivity index (χ3n) is 9.25. The zero-order valence-electron chi connectivity index (χ0n) is 30.1. The first-order chi connectivity index (χ1) is 24.5. The van der Waals surface area contributed by atoms with Crippen molar-refractivity contribution in [3.8, 4) is 11.5 Å². The summed E-state index contributed by atoms with van der Waals surface area (Å²) in [5.41, 5.74) is 9.29. The third-order valence-corrected chi connectivity index (χ3v) is 9.25. The van der Waals surface area contributed by atoms with Gasteiger partial charge in [0.2, 0.25) is 5.91 Å². The van der Waals surface area contributed by atoms with Gasteiger partial charge in [0.1, 0.15) is 5.75 Å². The highest BCUT2D eigenvalue weighted by atomic mass is 16.5. The topological polar surface area (TPSA) is 137 Å². The maximum absolute atomic E-state index is 13.9. The highest BCUT2D eigenvalue weighted by Crippen LogP contribution is 2.36. The number of nitrogen functional groups attached to an aromatic ring is 1. The number of hydrogen-bond donors (Lipinski definition) is 1. The number of carbonyl (C=O) groups is 4. The molecule has 270 valence electrons. The van der Waals surface area contributed by atoms with Gasteiger partial charge in [0.05, 0.1) is 48.3 Å². The minimum absolute atomic E-state index is 0.0252. The fourth-order valence-electron chi connectivity index (χ4n) is 6.30. The molecule has 3 aromatic carbocycles. The fraction of sp³-hybridized carbons (Fsp3) is 0.385. The molecule has 1 aliphatic rings. The van der Waals surface area contributed by atoms with E-state index in [-0.39, 0.29) is 40.9 Å². The number of fused-ring (bicyclic) bond motifs is 1. The number of nitrogens with two attached hydrogens (primary N) is 1. The average Bonchev–Trinajstić information content (AvgIpc) is 3.57. The van der Waals surface area contributed by atoms with Crippen molar-refractivity contribution < 1.29 is 33.4 Å². The second kappa shape index (κ2) is 16.6. The first kappa shape index (κ1) is 36.9. The number of amides is 2. The van der Waals surface area contributed by atoms with Crippen LogP contribution in [0.15, 0.2) is 60.8 Å². The molecule has 0 atom stereocenters. The summed E-state index contributed by atoms with van der Waals surface area (Å²) in [6, 6.07) is 15.4. The van der Waals surface area contributed by atoms with E-state index in [1.807, 2.05) is 30.0 Å². The van der Waals surface area contributed by atoms with Gasteiger partial charge in [-0.1, -0.05) is 18.2 Å². The Hall–Kier alpha value is -5.36. The molecule has 5 rings (SSSR count). The Labute approximate surface area is 298 Å². The highest BCUT2D eigenvalue weighted by molar-refractivity contribution is 6.20. The number of rotatable bonds is 13. The molecule has 12 heteroatoms. The van der Waals surface area contributed by atoms with E-state index in [1.54, 1.807) is 44.4 Å². The van der Waals surface area contributed by atoms with Gasteiger partial charge >= 0.3 is 6.09 Å². The summed E-state index contributed by atoms with van der Waals surface area (Å²) in [6.07, 6.45) is 3.96. The zero-order chi connectivity index (χ0) is 36.7. The van der Waals surface area contributed by atoms with Crippen LogP contribution in [0.4, 0.5) is 16.2 Å². The lowest BCUT2D eigenvalue weighted by Gasteiger charge is -2.32. The molecule has 0 saturated carbocycles. The van der Waals surface area contributed by atoms with Crippen LogP contribution in [-0.2, 0) is 9.53 Å². The van der Waals surface area contributed by atoms with Crippen molar-refractivity contribution in [1.29, 1.82) is 0 Å². The molecule has 1 aliphatic heterocycles. The van der Waals surface area contributed by atoms with Crippen molar-refractivity contribution in [3.05, 3.63) is 83.0 Å². The van der Waals surface area contributed by atoms with Gasteiger partial charge in [-0.25, -0.2) is 4.79 Å². The number of benzene rings is 3. The minimum atomic E-state index is -0.544. The highest BCUT2D eigenvalue weighted by Gasteiger charge is 2.26. The van der Waals surface area contributed by atoms with E-state index in [0.717, 1.165) is 51.0 Å². The van der Waals surface area contributed by atoms with Crippen LogP contribution in [0.25, 0.3) is 10.9 Å². The Morgan fingerprint density at radius 2 is 1.65 bits per heavy atom. The predicted octanol–water partition coefficient (Wildman–Crippen LogP) is 5.77. The van der Waals surface area contributed by atoms with E-state index in [2.05, 4.69) is 11.9 Å². The smallest absolute Gasteiger partial charge is 0.418 e. The summed E-state index contributed by atoms with van der Waals surface area (Å²) >= 11 is 0. The third kappa shape index (κ3) is 8.18. The Kier molecular flexibility index (Phi) is 12.0. The normalized spacial score (nSPS) is 13.2. The van der Waals surface area contributed by atoms with Crippen LogP contribution in [0.5, 0.6) is 11.5 Å². The number of unbranched alkanes of at least 4 members (excludes halogenated alkanes) is 2. The van der Waals surface area contributed by atoms with Crippen molar-refractivity contribution in [2.75, 3.05) is 71.2 Å². The van der Waals surface area contributed by atoms with Crippen molar-refractivity contribution in [2.24, 2.45) is 0 Å². The maximum atomic E-state index is 13.9. The van der Waals surface area contributed by atoms with Crippen LogP contribution in [0, 0.1) is 6.92 Å². The fourth-order valence-corrected chi connectivity index (χ4v) is 6.30. The van der Waals surface area contributed by atoms with Gasteiger partial charge in [0.25, 0.3) is 5.91 Å². The van der Waals surface area contributed by atoms with E-state index < -0.39 is 12.0 Å². The lowest BCUT2D eigenvalue weighted by Crippen LogP contribution is -2.47. The molecule has 51 heavy (non-hydrogen) atoms. The Morgan fingerprint density at radius 1 is 0.902 bits per heavy atom. The molecule has 0 spiro atoms. The lowest BCUT2D eigenvalue weighted by atomic mass is 9.96. The molecule has 1 aromatic heterocycles. The number of piperazine rings is 1. The van der Waals surface area contributed by atoms with Crippen LogP contribution in [-0.4, -0.2) is 98.7 Å². The number of anilines is 2. The van der Waals surface area contributed by atoms with Crippen molar-refractivity contribution >= 4 is 46.0 Å². The van der Waals surface area contributed by atoms with Gasteiger partial charge < -0.3 is 34.6 Å². The summed E-state index contributed by atoms with van der Waals surface area (Å²) < 4.78 is 18.3. The number of methoxy groups -OCH3 is 1. The number of aryl methyl sites for hydroxylation is 1. The van der Waals surface area contributed by atoms with Gasteiger partial charge in [0.15, 0.2) is 11.5 Å². The molecule has 2 N–H and O–H groups in total. The SMILES string of the molecule is CCOC(=O)n1ccc2c(C(=O)c3ccc(C(=O)N(C)c4ccc(C)cc4OCCCCCC(=O)N4CCN(C)CC4)c(N)c3OC)cccc21. The molecule has 2 heterocycles. The largest absolute Gasteiger partial charge is 0.494 e. The molecule has 1 fully saturated rings. The molecule has 2 amide bonds. The van der Waals surface area contributed by atoms with E-state index in [4.69, 9.17) is 19.9 Å². The van der Waals surface area contributed by atoms with Gasteiger partial charge in [0, 0.05) is 56.8 Å². The summed E-state index contributed by atoms with van der Waals surface area (Å²) in [6.45, 7) is 7.72. The first-order valence-corrected chi connectivity index (χ1v) is 17.3. The molecule has 12 nitrogen and oxygen atoms in total. The zero-order valence-corrected chi connectivity index (χ0v) is 30.1. The van der Waals surface area contributed by atoms with Gasteiger partial charge in [-0.3, -0.25) is 19.0 Å². The molecule has 1 saturated heterocycles. The summed E-state index contributed by atoms with van der Waals surface area (Å²) in [5.74, 6) is 0.0548. The van der Waals surface area contributed by atoms with Crippen molar-refractivity contribution in [3.63, 3.8) is 0 Å². The lowest BCUT2D eigenvalue weighted by molar-refractivity contribution is -0.132. The number of ketones is 1. The molecule has 0 radical (unpaired) electrons. The summed E-state index contributed by atoms with van der Waals surface area (Å²) in [4.78, 5) is 58.5. The Morgan fingerprint density at radius 3 is 2.37 bits per heavy atom. The number of likely N-dealkylation sites (N-methyl/N-ethyl adjacent to an activating group) is 1. The number of ether oxygens (including phenoxy) is 3. The van der Waals surface area contributed by atoms with E-state index >= 15 is 0 Å². The van der Waals surface area contributed by atoms with Crippen LogP contribution >= 0.6 is 0 Å². The number of aromatic nitrogens is 1. The maximum Gasteiger partial charge on any atom is 0.418 e. The van der Waals surface area contributed by atoms with Crippen molar-refractivity contribution in [2.45, 2.75) is 39.5 Å². The van der Waals surface area contributed by atoms with E-state index in [9.17, 15) is 19.2 Å². The molecule has 0 aliphatic carbocycles. The Balaban J connectivity index is 1.27. The first-order valence-electron chi connectivity index (χ1n) is 17.3. The van der Waals surface area contributed by atoms with Crippen LogP contribution in [0.2, 0.25) is 0 Å². The van der Waals surface area contributed by atoms with Crippen molar-refractivity contribution in [1.82, 2.24) is 14.4 Å². The molecular formula is C39H47N5O7. The van der Waals surface area contributed by atoms with E-state index in [1.165, 1.54) is 28.7 Å². The van der Waals surface area contributed by atoms with Gasteiger partial charge in [-0.2, -0.15) is 0 Å². The minimum Gasteiger partial charge on any atom is -0.494 e. The molecular weight excluding hydrogens is 650 g/mol. The van der Waals surface area contributed by atoms with Crippen LogP contribution in [0.1, 0.15) is 64.4 Å². The van der Waals surface area contributed by atoms with Crippen LogP contribution in [0.3, 0.4) is 0 Å². The summed E-state index contributed by atoms with van der Waals surface area (Å²) in [5, 5.41) is 0.558. The van der Waals surface area contributed by atoms with Crippen LogP contribution < -0.4 is 20.1 Å². The van der Waals surface area contributed by atoms with Gasteiger partial charge in [-0.15, -0.1) is 0 Å². The number of carbonyl (C=O) groups excluding carboxylic acids is 4. The second-order valence-corrected chi connectivity index (χ2v) is 12.7. The second-order valence-electron chi connectivity index (χ2n) is 12.7. The van der Waals surface area contributed by atoms with Gasteiger partial charge in [-0.05, 0) is 82.1 Å². The quantitative estimate of drug-likeness (QED) is 0.105. The summed E-state index contributed by atoms with van der Waals surface area (Å²) in [7, 11) is 5.11. The number of nitrogens with zero attached hydrogens (tertiary/aromatic N) is 4. The predicted molar refractivity (Wildman–Crippen MR) is 197 cm³/mol. The molecule has 4 aromatic rings. The Bertz CT molecular complexity index is 1910. The molecule has 0 unspecified atom stereocenters. The average molecular weight is 698 g/mol. The standard InChI is InChI=1S/C39H47N5O7/c1-6-50-39(48)44-19-18-27-28(11-10-12-31(27)44)36(46)30-16-15-29(35(40)37(30)49-5)38(47)42(4)32-17-14-26(2)25-33(32)51-24-9-7-8-13-34(45)43-22-20-41(3)21-23-43/h10-12,14-19,25H,6-9,13,20-24,40H2,1-5H3. The molecule has 0 bridgehead atoms. The van der Waals surface area contributed by atoms with E-state index in [0.29, 0.717) is 40.9 Å². The monoisotopic (exact) mass is 697 g/mol. The number of hydrogen-bond acceptors (Lipinski definition) is 9.